The number of halogens is 3. The number of likely N-dealkylation sites (tertiary alicyclic amines) is 1. The lowest BCUT2D eigenvalue weighted by Gasteiger charge is -2.33. The predicted octanol–water partition coefficient (Wildman–Crippen LogP) is 8.76. The molecule has 4 aromatic carbocycles. The summed E-state index contributed by atoms with van der Waals surface area (Å²) in [6, 6.07) is 18.8. The minimum absolute atomic E-state index is 0.0179. The van der Waals surface area contributed by atoms with Crippen molar-refractivity contribution in [3.05, 3.63) is 105 Å². The van der Waals surface area contributed by atoms with Crippen LogP contribution in [0, 0.1) is 25.2 Å². The van der Waals surface area contributed by atoms with Gasteiger partial charge in [-0.15, -0.1) is 0 Å². The lowest BCUT2D eigenvalue weighted by molar-refractivity contribution is -0.145. The highest BCUT2D eigenvalue weighted by molar-refractivity contribution is 5.86. The summed E-state index contributed by atoms with van der Waals surface area (Å²) in [5.41, 5.74) is 6.40. The molecular weight excluding hydrogens is 709 g/mol. The quantitative estimate of drug-likeness (QED) is 0.107. The Balaban J connectivity index is 1.33. The molecule has 1 aromatic heterocycles. The van der Waals surface area contributed by atoms with Crippen LogP contribution in [-0.4, -0.2) is 58.4 Å². The van der Waals surface area contributed by atoms with Crippen molar-refractivity contribution in [3.8, 4) is 34.4 Å². The number of rotatable bonds is 12. The number of nitrogens with zero attached hydrogens (tertiary/aromatic N) is 3. The number of carboxylic acid groups (broad SMARTS) is 1. The summed E-state index contributed by atoms with van der Waals surface area (Å²) in [5, 5.41) is 32.2. The number of hydrogen-bond acceptors (Lipinski definition) is 8. The number of aliphatic hydroxyl groups excluding tert-OH is 1. The molecule has 2 heterocycles. The Hall–Kier alpha value is -5.48. The van der Waals surface area contributed by atoms with E-state index in [4.69, 9.17) is 14.1 Å². The molecule has 1 aliphatic heterocycles. The summed E-state index contributed by atoms with van der Waals surface area (Å²) in [6.07, 6.45) is 0.391. The number of aliphatic carboxylic acids is 1. The van der Waals surface area contributed by atoms with Crippen LogP contribution < -0.4 is 10.1 Å². The molecule has 1 saturated heterocycles. The molecule has 55 heavy (non-hydrogen) atoms. The molecule has 2 atom stereocenters. The van der Waals surface area contributed by atoms with Gasteiger partial charge >= 0.3 is 12.1 Å². The number of benzene rings is 4. The van der Waals surface area contributed by atoms with Crippen LogP contribution in [0.5, 0.6) is 5.75 Å². The molecule has 0 spiro atoms. The summed E-state index contributed by atoms with van der Waals surface area (Å²) in [4.78, 5) is 18.3. The monoisotopic (exact) mass is 752 g/mol. The smallest absolute Gasteiger partial charge is 0.417 e. The summed E-state index contributed by atoms with van der Waals surface area (Å²) in [5.74, 6) is -0.378. The van der Waals surface area contributed by atoms with Crippen LogP contribution in [-0.2, 0) is 24.1 Å². The number of nitriles is 1. The number of piperidine rings is 1. The van der Waals surface area contributed by atoms with Crippen molar-refractivity contribution in [3.63, 3.8) is 0 Å². The number of methoxy groups -OCH3 is 1. The molecule has 0 unspecified atom stereocenters. The Labute approximate surface area is 317 Å². The number of ether oxygens (including phenoxy) is 1. The van der Waals surface area contributed by atoms with Gasteiger partial charge in [0.1, 0.15) is 23.4 Å². The van der Waals surface area contributed by atoms with Crippen LogP contribution in [0.2, 0.25) is 0 Å². The number of hydrogen-bond donors (Lipinski definition) is 3. The summed E-state index contributed by atoms with van der Waals surface area (Å²) in [7, 11) is 1.40. The fraction of sp³-hybridized carbons (Fsp3) is 0.326. The number of oxazole rings is 1. The van der Waals surface area contributed by atoms with E-state index in [1.54, 1.807) is 17.0 Å². The third-order valence-corrected chi connectivity index (χ3v) is 10.3. The van der Waals surface area contributed by atoms with E-state index in [-0.39, 0.29) is 36.1 Å². The molecule has 6 rings (SSSR count). The van der Waals surface area contributed by atoms with Crippen LogP contribution in [0.25, 0.3) is 45.8 Å². The van der Waals surface area contributed by atoms with Gasteiger partial charge in [0.05, 0.1) is 24.8 Å². The van der Waals surface area contributed by atoms with E-state index in [0.29, 0.717) is 47.6 Å². The van der Waals surface area contributed by atoms with Crippen molar-refractivity contribution in [2.24, 2.45) is 0 Å². The number of aromatic nitrogens is 1. The van der Waals surface area contributed by atoms with Crippen LogP contribution >= 0.6 is 0 Å². The van der Waals surface area contributed by atoms with Gasteiger partial charge < -0.3 is 24.7 Å². The molecule has 0 saturated carbocycles. The molecule has 9 nitrogen and oxygen atoms in total. The van der Waals surface area contributed by atoms with Gasteiger partial charge in [0.15, 0.2) is 5.58 Å². The molecule has 3 N–H and O–H groups in total. The zero-order chi connectivity index (χ0) is 39.4. The number of carboxylic acids is 1. The number of fused-ring (bicyclic) bond motifs is 1. The van der Waals surface area contributed by atoms with Crippen molar-refractivity contribution >= 4 is 29.2 Å². The molecule has 0 radical (unpaired) electrons. The molecular formula is C43H43F3N4O5. The molecule has 0 bridgehead atoms. The zero-order valence-corrected chi connectivity index (χ0v) is 31.1. The minimum atomic E-state index is -4.67. The Kier molecular flexibility index (Phi) is 11.8. The topological polar surface area (TPSA) is 132 Å². The molecule has 5 aromatic rings. The Morgan fingerprint density at radius 2 is 1.78 bits per heavy atom. The highest BCUT2D eigenvalue weighted by Crippen LogP contribution is 2.39. The summed E-state index contributed by atoms with van der Waals surface area (Å²) in [6.45, 7) is 6.65. The van der Waals surface area contributed by atoms with Crippen LogP contribution in [0.1, 0.15) is 70.7 Å². The Morgan fingerprint density at radius 3 is 2.47 bits per heavy atom. The first-order valence-corrected chi connectivity index (χ1v) is 18.1. The maximum atomic E-state index is 14.5. The van der Waals surface area contributed by atoms with Crippen molar-refractivity contribution in [1.29, 1.82) is 5.26 Å². The van der Waals surface area contributed by atoms with Gasteiger partial charge in [-0.2, -0.15) is 18.4 Å². The average molecular weight is 753 g/mol. The first-order valence-electron chi connectivity index (χ1n) is 18.1. The second kappa shape index (κ2) is 16.5. The van der Waals surface area contributed by atoms with Gasteiger partial charge in [-0.25, -0.2) is 4.98 Å². The SMILES string of the molecule is COc1cc(/C=C/c2cccc(-c3cccc(-c4nc5cc(CN[C@@H](C)CO)cc(C#N)c5o4)c3C)c2C)c(C(F)(F)F)cc1CN1CCCC[C@H]1C(=O)O. The van der Waals surface area contributed by atoms with E-state index in [0.717, 1.165) is 52.3 Å². The largest absolute Gasteiger partial charge is 0.496 e. The van der Waals surface area contributed by atoms with Crippen molar-refractivity contribution in [2.75, 3.05) is 20.3 Å². The van der Waals surface area contributed by atoms with E-state index in [1.165, 1.54) is 19.3 Å². The van der Waals surface area contributed by atoms with Gasteiger partial charge in [0.25, 0.3) is 0 Å². The fourth-order valence-electron chi connectivity index (χ4n) is 7.23. The third kappa shape index (κ3) is 8.44. The molecule has 0 aliphatic carbocycles. The van der Waals surface area contributed by atoms with Gasteiger partial charge in [0.2, 0.25) is 5.89 Å². The highest BCUT2D eigenvalue weighted by Gasteiger charge is 2.35. The number of aliphatic hydroxyl groups is 1. The van der Waals surface area contributed by atoms with E-state index in [2.05, 4.69) is 11.4 Å². The van der Waals surface area contributed by atoms with E-state index in [1.807, 2.05) is 63.2 Å². The predicted molar refractivity (Wildman–Crippen MR) is 205 cm³/mol. The maximum absolute atomic E-state index is 14.5. The van der Waals surface area contributed by atoms with Crippen molar-refractivity contribution in [2.45, 2.75) is 71.4 Å². The zero-order valence-electron chi connectivity index (χ0n) is 31.1. The Bertz CT molecular complexity index is 2290. The van der Waals surface area contributed by atoms with E-state index >= 15 is 0 Å². The summed E-state index contributed by atoms with van der Waals surface area (Å²) < 4.78 is 55.4. The molecule has 1 fully saturated rings. The van der Waals surface area contributed by atoms with Crippen LogP contribution in [0.15, 0.2) is 65.1 Å². The number of nitrogens with one attached hydrogen (secondary N) is 1. The van der Waals surface area contributed by atoms with E-state index < -0.39 is 23.8 Å². The van der Waals surface area contributed by atoms with Gasteiger partial charge in [0, 0.05) is 30.3 Å². The summed E-state index contributed by atoms with van der Waals surface area (Å²) >= 11 is 0. The van der Waals surface area contributed by atoms with Crippen LogP contribution in [0.4, 0.5) is 13.2 Å². The van der Waals surface area contributed by atoms with Gasteiger partial charge in [-0.3, -0.25) is 9.69 Å². The standard InChI is InChI=1S/C43H43F3N4O5/c1-25(24-51)48-22-28-17-31(21-47)40-37(18-28)49-41(55-40)35-12-8-11-34(27(35)3)33-10-7-9-29(26(33)2)14-15-30-20-39(54-4)32(19-36(30)43(44,45)46)23-50-16-6-5-13-38(50)42(52)53/h7-12,14-15,17-20,25,38,48,51H,5-6,13,16,22-24H2,1-4H3,(H,52,53)/b15-14+/t25-,38-/m0/s1. The fourth-order valence-corrected chi connectivity index (χ4v) is 7.23. The Morgan fingerprint density at radius 1 is 1.07 bits per heavy atom. The highest BCUT2D eigenvalue weighted by atomic mass is 19.4. The average Bonchev–Trinajstić information content (AvgIpc) is 3.60. The van der Waals surface area contributed by atoms with Gasteiger partial charge in [-0.05, 0) is 109 Å². The lowest BCUT2D eigenvalue weighted by Crippen LogP contribution is -2.44. The van der Waals surface area contributed by atoms with Gasteiger partial charge in [-0.1, -0.05) is 48.9 Å². The minimum Gasteiger partial charge on any atom is -0.496 e. The van der Waals surface area contributed by atoms with E-state index in [9.17, 15) is 33.4 Å². The van der Waals surface area contributed by atoms with Crippen molar-refractivity contribution < 1.29 is 37.3 Å². The molecule has 0 amide bonds. The second-order valence-electron chi connectivity index (χ2n) is 14.0. The first kappa shape index (κ1) is 39.2. The second-order valence-corrected chi connectivity index (χ2v) is 14.0. The number of carbonyl (C=O) groups is 1. The van der Waals surface area contributed by atoms with Crippen molar-refractivity contribution in [1.82, 2.24) is 15.2 Å². The normalized spacial score (nSPS) is 15.7. The number of alkyl halides is 3. The maximum Gasteiger partial charge on any atom is 0.417 e. The first-order chi connectivity index (χ1) is 26.3. The third-order valence-electron chi connectivity index (χ3n) is 10.3. The molecule has 1 aliphatic rings. The van der Waals surface area contributed by atoms with Crippen LogP contribution in [0.3, 0.4) is 0 Å². The molecule has 12 heteroatoms. The lowest BCUT2D eigenvalue weighted by atomic mass is 9.91. The molecule has 286 valence electrons.